The van der Waals surface area contributed by atoms with Gasteiger partial charge in [-0.1, -0.05) is 65.8 Å². The summed E-state index contributed by atoms with van der Waals surface area (Å²) in [5, 5.41) is 0. The second kappa shape index (κ2) is 10.2. The molecule has 4 aromatic rings. The average molecular weight is 630 g/mol. The Balaban J connectivity index is 0.00000324. The number of aromatic nitrogens is 2. The molecule has 0 unspecified atom stereocenters. The van der Waals surface area contributed by atoms with Crippen molar-refractivity contribution in [1.82, 2.24) is 9.97 Å². The Morgan fingerprint density at radius 3 is 1.41 bits per heavy atom. The van der Waals surface area contributed by atoms with Crippen molar-refractivity contribution in [3.05, 3.63) is 96.3 Å². The van der Waals surface area contributed by atoms with Crippen molar-refractivity contribution in [2.75, 3.05) is 0 Å². The molecule has 0 fully saturated rings. The molecule has 0 saturated carbocycles. The first-order valence-electron chi connectivity index (χ1n) is 11.3. The normalized spacial score (nSPS) is 11.6. The van der Waals surface area contributed by atoms with Crippen LogP contribution in [0.4, 0.5) is 0 Å². The summed E-state index contributed by atoms with van der Waals surface area (Å²) < 4.78 is 6.13. The molecule has 3 nitrogen and oxygen atoms in total. The smallest absolute Gasteiger partial charge is 0.497 e. The molecule has 176 valence electrons. The summed E-state index contributed by atoms with van der Waals surface area (Å²) in [6.07, 6.45) is 3.71. The largest absolute Gasteiger partial charge is 2.00 e. The number of benzene rings is 2. The van der Waals surface area contributed by atoms with Crippen LogP contribution >= 0.6 is 0 Å². The van der Waals surface area contributed by atoms with Gasteiger partial charge in [0.2, 0.25) is 0 Å². The van der Waals surface area contributed by atoms with Crippen LogP contribution in [0.25, 0.3) is 22.5 Å². The van der Waals surface area contributed by atoms with E-state index in [9.17, 15) is 0 Å². The minimum Gasteiger partial charge on any atom is -0.497 e. The summed E-state index contributed by atoms with van der Waals surface area (Å²) in [6, 6.07) is 26.8. The molecule has 0 N–H and O–H groups in total. The predicted octanol–water partition coefficient (Wildman–Crippen LogP) is 7.80. The van der Waals surface area contributed by atoms with E-state index in [1.54, 1.807) is 0 Å². The third-order valence-electron chi connectivity index (χ3n) is 5.56. The van der Waals surface area contributed by atoms with Crippen LogP contribution in [0.5, 0.6) is 11.5 Å². The molecule has 0 spiro atoms. The molecule has 4 rings (SSSR count). The number of hydrogen-bond acceptors (Lipinski definition) is 3. The molecule has 0 saturated heterocycles. The predicted molar refractivity (Wildman–Crippen MR) is 134 cm³/mol. The van der Waals surface area contributed by atoms with Crippen LogP contribution in [-0.2, 0) is 31.9 Å². The fourth-order valence-electron chi connectivity index (χ4n) is 3.52. The second-order valence-corrected chi connectivity index (χ2v) is 10.3. The van der Waals surface area contributed by atoms with Gasteiger partial charge in [0.15, 0.2) is 0 Å². The molecule has 34 heavy (non-hydrogen) atoms. The van der Waals surface area contributed by atoms with E-state index in [-0.39, 0.29) is 31.9 Å². The van der Waals surface area contributed by atoms with Crippen molar-refractivity contribution in [1.29, 1.82) is 0 Å². The SMILES string of the molecule is CC(C)(C)c1ccnc(-c2[c-]c(Oc3[c-]c(-c4cc(C(C)(C)C)ccn4)ccc3)ccc2)c1.[Pt+2]. The van der Waals surface area contributed by atoms with Gasteiger partial charge in [0.25, 0.3) is 0 Å². The average Bonchev–Trinajstić information content (AvgIpc) is 2.78. The quantitative estimate of drug-likeness (QED) is 0.216. The molecule has 4 heteroatoms. The summed E-state index contributed by atoms with van der Waals surface area (Å²) in [5.41, 5.74) is 6.14. The van der Waals surface area contributed by atoms with Gasteiger partial charge >= 0.3 is 21.1 Å². The molecule has 0 bridgehead atoms. The van der Waals surface area contributed by atoms with Gasteiger partial charge in [-0.2, -0.15) is 0 Å². The van der Waals surface area contributed by atoms with Crippen molar-refractivity contribution in [3.63, 3.8) is 0 Å². The van der Waals surface area contributed by atoms with Crippen LogP contribution in [-0.4, -0.2) is 9.97 Å². The van der Waals surface area contributed by atoms with E-state index in [1.165, 1.54) is 11.1 Å². The van der Waals surface area contributed by atoms with Gasteiger partial charge in [0.1, 0.15) is 0 Å². The molecule has 2 aromatic carbocycles. The first-order chi connectivity index (χ1) is 15.6. The molecular formula is C30H30N2OPt. The molecule has 0 aliphatic heterocycles. The summed E-state index contributed by atoms with van der Waals surface area (Å²) >= 11 is 0. The van der Waals surface area contributed by atoms with Crippen molar-refractivity contribution in [3.8, 4) is 34.0 Å². The Morgan fingerprint density at radius 2 is 1.03 bits per heavy atom. The second-order valence-electron chi connectivity index (χ2n) is 10.3. The zero-order chi connectivity index (χ0) is 23.6. The van der Waals surface area contributed by atoms with Gasteiger partial charge in [-0.15, -0.1) is 47.5 Å². The molecule has 0 atom stereocenters. The van der Waals surface area contributed by atoms with Crippen LogP contribution in [0.15, 0.2) is 73.1 Å². The van der Waals surface area contributed by atoms with Crippen molar-refractivity contribution in [2.45, 2.75) is 52.4 Å². The Kier molecular flexibility index (Phi) is 7.78. The van der Waals surface area contributed by atoms with Crippen molar-refractivity contribution < 1.29 is 25.8 Å². The minimum atomic E-state index is 0. The third-order valence-corrected chi connectivity index (χ3v) is 5.56. The van der Waals surface area contributed by atoms with Gasteiger partial charge in [0.05, 0.1) is 0 Å². The van der Waals surface area contributed by atoms with Crippen LogP contribution < -0.4 is 4.74 Å². The van der Waals surface area contributed by atoms with Crippen LogP contribution in [0.2, 0.25) is 0 Å². The van der Waals surface area contributed by atoms with E-state index in [4.69, 9.17) is 4.74 Å². The zero-order valence-corrected chi connectivity index (χ0v) is 22.8. The van der Waals surface area contributed by atoms with Crippen LogP contribution in [0, 0.1) is 12.1 Å². The Labute approximate surface area is 217 Å². The maximum Gasteiger partial charge on any atom is 2.00 e. The molecule has 0 amide bonds. The van der Waals surface area contributed by atoms with E-state index in [1.807, 2.05) is 48.8 Å². The van der Waals surface area contributed by atoms with Crippen molar-refractivity contribution >= 4 is 0 Å². The van der Waals surface area contributed by atoms with E-state index in [2.05, 4.69) is 87.9 Å². The number of nitrogens with zero attached hydrogens (tertiary/aromatic N) is 2. The van der Waals surface area contributed by atoms with E-state index in [0.29, 0.717) is 11.5 Å². The first-order valence-corrected chi connectivity index (χ1v) is 11.3. The van der Waals surface area contributed by atoms with Crippen LogP contribution in [0.3, 0.4) is 0 Å². The maximum absolute atomic E-state index is 6.13. The standard InChI is InChI=1S/C30H30N2O.Pt/c1-29(2,3)23-13-15-31-27(19-23)21-9-7-11-25(17-21)33-26-12-8-10-22(18-26)28-20-24(14-16-32-28)30(4,5)6;/h7-16,19-20H,1-6H3;/q-2;+2. The van der Waals surface area contributed by atoms with Gasteiger partial charge in [0, 0.05) is 23.9 Å². The zero-order valence-electron chi connectivity index (χ0n) is 20.5. The topological polar surface area (TPSA) is 35.0 Å². The third kappa shape index (κ3) is 6.21. The van der Waals surface area contributed by atoms with Gasteiger partial charge < -0.3 is 14.7 Å². The molecule has 2 heterocycles. The van der Waals surface area contributed by atoms with Gasteiger partial charge in [-0.3, -0.25) is 0 Å². The molecule has 0 radical (unpaired) electrons. The molecule has 0 aliphatic carbocycles. The monoisotopic (exact) mass is 629 g/mol. The molecule has 0 aliphatic rings. The van der Waals surface area contributed by atoms with Gasteiger partial charge in [-0.25, -0.2) is 0 Å². The summed E-state index contributed by atoms with van der Waals surface area (Å²) in [4.78, 5) is 9.10. The maximum atomic E-state index is 6.13. The number of rotatable bonds is 4. The number of pyridine rings is 2. The minimum absolute atomic E-state index is 0. The van der Waals surface area contributed by atoms with Gasteiger partial charge in [-0.05, 0) is 45.5 Å². The van der Waals surface area contributed by atoms with E-state index < -0.39 is 0 Å². The summed E-state index contributed by atoms with van der Waals surface area (Å²) in [6.45, 7) is 13.2. The number of hydrogen-bond donors (Lipinski definition) is 0. The fourth-order valence-corrected chi connectivity index (χ4v) is 3.52. The summed E-state index contributed by atoms with van der Waals surface area (Å²) in [7, 11) is 0. The Hall–Kier alpha value is -2.77. The Bertz CT molecular complexity index is 1170. The first kappa shape index (κ1) is 25.8. The molecular weight excluding hydrogens is 599 g/mol. The van der Waals surface area contributed by atoms with E-state index >= 15 is 0 Å². The van der Waals surface area contributed by atoms with Crippen LogP contribution in [0.1, 0.15) is 52.7 Å². The molecule has 2 aromatic heterocycles. The fraction of sp³-hybridized carbons (Fsp3) is 0.267. The Morgan fingerprint density at radius 1 is 0.618 bits per heavy atom. The van der Waals surface area contributed by atoms with Crippen molar-refractivity contribution in [2.24, 2.45) is 0 Å². The number of ether oxygens (including phenoxy) is 1. The summed E-state index contributed by atoms with van der Waals surface area (Å²) in [5.74, 6) is 1.25. The van der Waals surface area contributed by atoms with E-state index in [0.717, 1.165) is 22.5 Å².